The second-order valence-corrected chi connectivity index (χ2v) is 5.23. The molecule has 1 aliphatic rings. The Hall–Kier alpha value is -2.02. The summed E-state index contributed by atoms with van der Waals surface area (Å²) in [6.07, 6.45) is 0.698. The molecule has 100 valence electrons. The Bertz CT molecular complexity index is 531. The third-order valence-corrected chi connectivity index (χ3v) is 3.54. The normalized spacial score (nSPS) is 15.7. The first-order valence-electron chi connectivity index (χ1n) is 6.45. The van der Waals surface area contributed by atoms with Crippen LogP contribution in [0.4, 0.5) is 5.69 Å². The maximum atomic E-state index is 11.6. The maximum Gasteiger partial charge on any atom is 0.264 e. The number of anilines is 1. The number of nitrogens with zero attached hydrogens (tertiary/aromatic N) is 2. The predicted octanol–water partition coefficient (Wildman–Crippen LogP) is 2.38. The third kappa shape index (κ3) is 2.70. The zero-order chi connectivity index (χ0) is 14.0. The van der Waals surface area contributed by atoms with Crippen LogP contribution in [0, 0.1) is 23.2 Å². The van der Waals surface area contributed by atoms with E-state index in [0.717, 1.165) is 17.0 Å². The van der Waals surface area contributed by atoms with Gasteiger partial charge in [0.25, 0.3) is 5.91 Å². The zero-order valence-corrected chi connectivity index (χ0v) is 11.5. The SMILES string of the molecule is CC(C)C(C#N)Cc1ccc2c(c1)N(C)C(=O)CO2. The maximum absolute atomic E-state index is 11.6. The molecule has 4 heteroatoms. The molecule has 0 fully saturated rings. The van der Waals surface area contributed by atoms with Gasteiger partial charge in [-0.2, -0.15) is 5.26 Å². The van der Waals surface area contributed by atoms with E-state index in [2.05, 4.69) is 6.07 Å². The minimum atomic E-state index is -0.0506. The Balaban J connectivity index is 2.26. The lowest BCUT2D eigenvalue weighted by molar-refractivity contribution is -0.120. The van der Waals surface area contributed by atoms with Crippen LogP contribution in [0.5, 0.6) is 5.75 Å². The van der Waals surface area contributed by atoms with Crippen molar-refractivity contribution in [2.24, 2.45) is 11.8 Å². The lowest BCUT2D eigenvalue weighted by Gasteiger charge is -2.26. The van der Waals surface area contributed by atoms with Gasteiger partial charge in [0.05, 0.1) is 17.7 Å². The molecule has 0 aromatic heterocycles. The summed E-state index contributed by atoms with van der Waals surface area (Å²) in [6.45, 7) is 4.19. The lowest BCUT2D eigenvalue weighted by atomic mass is 9.90. The number of amides is 1. The molecule has 1 aromatic carbocycles. The smallest absolute Gasteiger partial charge is 0.264 e. The highest BCUT2D eigenvalue weighted by Crippen LogP contribution is 2.33. The quantitative estimate of drug-likeness (QED) is 0.836. The van der Waals surface area contributed by atoms with E-state index in [-0.39, 0.29) is 18.4 Å². The second kappa shape index (κ2) is 5.31. The number of carbonyl (C=O) groups excluding carboxylic acids is 1. The topological polar surface area (TPSA) is 53.3 Å². The van der Waals surface area contributed by atoms with Crippen LogP contribution in [0.15, 0.2) is 18.2 Å². The fourth-order valence-electron chi connectivity index (χ4n) is 2.13. The Morgan fingerprint density at radius 2 is 2.21 bits per heavy atom. The van der Waals surface area contributed by atoms with Gasteiger partial charge < -0.3 is 9.64 Å². The fraction of sp³-hybridized carbons (Fsp3) is 0.467. The summed E-state index contributed by atoms with van der Waals surface area (Å²) in [7, 11) is 1.75. The number of hydrogen-bond acceptors (Lipinski definition) is 3. The van der Waals surface area contributed by atoms with Crippen LogP contribution in [0.3, 0.4) is 0 Å². The molecule has 0 saturated heterocycles. The molecule has 0 spiro atoms. The standard InChI is InChI=1S/C15H18N2O2/c1-10(2)12(8-16)6-11-4-5-14-13(7-11)17(3)15(18)9-19-14/h4-5,7,10,12H,6,9H2,1-3H3. The molecular formula is C15H18N2O2. The number of hydrogen-bond donors (Lipinski definition) is 0. The second-order valence-electron chi connectivity index (χ2n) is 5.23. The number of carbonyl (C=O) groups is 1. The van der Waals surface area contributed by atoms with Crippen LogP contribution in [0.1, 0.15) is 19.4 Å². The van der Waals surface area contributed by atoms with Crippen LogP contribution in [-0.4, -0.2) is 19.6 Å². The van der Waals surface area contributed by atoms with Gasteiger partial charge in [-0.25, -0.2) is 0 Å². The zero-order valence-electron chi connectivity index (χ0n) is 11.5. The van der Waals surface area contributed by atoms with Crippen molar-refractivity contribution in [1.82, 2.24) is 0 Å². The Labute approximate surface area is 113 Å². The van der Waals surface area contributed by atoms with E-state index in [1.807, 2.05) is 32.0 Å². The molecule has 1 amide bonds. The molecule has 19 heavy (non-hydrogen) atoms. The highest BCUT2D eigenvalue weighted by molar-refractivity contribution is 5.97. The molecule has 0 bridgehead atoms. The van der Waals surface area contributed by atoms with Crippen molar-refractivity contribution < 1.29 is 9.53 Å². The van der Waals surface area contributed by atoms with Crippen LogP contribution in [0.25, 0.3) is 0 Å². The number of nitriles is 1. The largest absolute Gasteiger partial charge is 0.482 e. The van der Waals surface area contributed by atoms with E-state index in [0.29, 0.717) is 12.3 Å². The van der Waals surface area contributed by atoms with Crippen molar-refractivity contribution >= 4 is 11.6 Å². The first kappa shape index (κ1) is 13.4. The molecule has 2 rings (SSSR count). The molecule has 1 heterocycles. The van der Waals surface area contributed by atoms with Gasteiger partial charge in [0.1, 0.15) is 5.75 Å². The van der Waals surface area contributed by atoms with Crippen molar-refractivity contribution in [3.63, 3.8) is 0 Å². The summed E-state index contributed by atoms with van der Waals surface area (Å²) in [6, 6.07) is 8.13. The van der Waals surface area contributed by atoms with Gasteiger partial charge in [-0.05, 0) is 30.0 Å². The van der Waals surface area contributed by atoms with Crippen LogP contribution in [-0.2, 0) is 11.2 Å². The predicted molar refractivity (Wildman–Crippen MR) is 73.0 cm³/mol. The molecule has 1 aromatic rings. The number of fused-ring (bicyclic) bond motifs is 1. The Morgan fingerprint density at radius 1 is 1.47 bits per heavy atom. The monoisotopic (exact) mass is 258 g/mol. The van der Waals surface area contributed by atoms with Crippen molar-refractivity contribution in [3.8, 4) is 11.8 Å². The van der Waals surface area contributed by atoms with E-state index in [9.17, 15) is 4.79 Å². The van der Waals surface area contributed by atoms with E-state index in [4.69, 9.17) is 10.00 Å². The van der Waals surface area contributed by atoms with Gasteiger partial charge >= 0.3 is 0 Å². The number of rotatable bonds is 3. The van der Waals surface area contributed by atoms with Gasteiger partial charge in [-0.15, -0.1) is 0 Å². The highest BCUT2D eigenvalue weighted by Gasteiger charge is 2.23. The van der Waals surface area contributed by atoms with Gasteiger partial charge in [0, 0.05) is 7.05 Å². The summed E-state index contributed by atoms with van der Waals surface area (Å²) in [4.78, 5) is 13.2. The minimum absolute atomic E-state index is 0.0106. The summed E-state index contributed by atoms with van der Waals surface area (Å²) in [5, 5.41) is 9.15. The summed E-state index contributed by atoms with van der Waals surface area (Å²) in [5.74, 6) is 0.981. The summed E-state index contributed by atoms with van der Waals surface area (Å²) < 4.78 is 5.38. The molecule has 1 atom stereocenters. The summed E-state index contributed by atoms with van der Waals surface area (Å²) in [5.41, 5.74) is 1.85. The molecule has 1 unspecified atom stereocenters. The molecule has 0 aliphatic carbocycles. The van der Waals surface area contributed by atoms with Crippen molar-refractivity contribution in [2.75, 3.05) is 18.6 Å². The number of ether oxygens (including phenoxy) is 1. The molecule has 0 saturated carbocycles. The molecular weight excluding hydrogens is 240 g/mol. The Kier molecular flexibility index (Phi) is 3.75. The Morgan fingerprint density at radius 3 is 2.84 bits per heavy atom. The molecule has 0 radical (unpaired) electrons. The van der Waals surface area contributed by atoms with E-state index < -0.39 is 0 Å². The van der Waals surface area contributed by atoms with Gasteiger partial charge in [-0.3, -0.25) is 4.79 Å². The van der Waals surface area contributed by atoms with E-state index in [1.54, 1.807) is 11.9 Å². The lowest BCUT2D eigenvalue weighted by Crippen LogP contribution is -2.35. The number of benzene rings is 1. The van der Waals surface area contributed by atoms with Crippen molar-refractivity contribution in [2.45, 2.75) is 20.3 Å². The average Bonchev–Trinajstić information content (AvgIpc) is 2.40. The molecule has 4 nitrogen and oxygen atoms in total. The van der Waals surface area contributed by atoms with E-state index >= 15 is 0 Å². The first-order chi connectivity index (χ1) is 9.02. The summed E-state index contributed by atoms with van der Waals surface area (Å²) >= 11 is 0. The van der Waals surface area contributed by atoms with Crippen molar-refractivity contribution in [1.29, 1.82) is 5.26 Å². The van der Waals surface area contributed by atoms with E-state index in [1.165, 1.54) is 0 Å². The van der Waals surface area contributed by atoms with Gasteiger partial charge in [0.15, 0.2) is 6.61 Å². The van der Waals surface area contributed by atoms with Gasteiger partial charge in [-0.1, -0.05) is 19.9 Å². The van der Waals surface area contributed by atoms with Gasteiger partial charge in [0.2, 0.25) is 0 Å². The van der Waals surface area contributed by atoms with Crippen LogP contribution < -0.4 is 9.64 Å². The first-order valence-corrected chi connectivity index (χ1v) is 6.45. The van der Waals surface area contributed by atoms with Crippen molar-refractivity contribution in [3.05, 3.63) is 23.8 Å². The average molecular weight is 258 g/mol. The number of likely N-dealkylation sites (N-methyl/N-ethyl adjacent to an activating group) is 1. The van der Waals surface area contributed by atoms with Crippen LogP contribution in [0.2, 0.25) is 0 Å². The highest BCUT2D eigenvalue weighted by atomic mass is 16.5. The van der Waals surface area contributed by atoms with Crippen LogP contribution >= 0.6 is 0 Å². The molecule has 1 aliphatic heterocycles. The molecule has 0 N–H and O–H groups in total. The minimum Gasteiger partial charge on any atom is -0.482 e. The third-order valence-electron chi connectivity index (χ3n) is 3.54. The fourth-order valence-corrected chi connectivity index (χ4v) is 2.13.